The van der Waals surface area contributed by atoms with E-state index in [1.54, 1.807) is 6.26 Å². The van der Waals surface area contributed by atoms with Crippen molar-refractivity contribution in [1.29, 1.82) is 0 Å². The lowest BCUT2D eigenvalue weighted by atomic mass is 10.2. The number of ether oxygens (including phenoxy) is 1. The maximum Gasteiger partial charge on any atom is 0.117 e. The smallest absolute Gasteiger partial charge is 0.117 e. The van der Waals surface area contributed by atoms with E-state index in [0.717, 1.165) is 38.5 Å². The molecule has 0 amide bonds. The molecule has 4 heteroatoms. The van der Waals surface area contributed by atoms with Gasteiger partial charge in [0.05, 0.1) is 19.4 Å². The minimum Gasteiger partial charge on any atom is -0.468 e. The van der Waals surface area contributed by atoms with Crippen LogP contribution >= 0.6 is 0 Å². The Hall–Kier alpha value is -0.840. The Morgan fingerprint density at radius 2 is 2.47 bits per heavy atom. The molecule has 1 saturated heterocycles. The zero-order chi connectivity index (χ0) is 10.5. The van der Waals surface area contributed by atoms with Gasteiger partial charge in [0.15, 0.2) is 0 Å². The van der Waals surface area contributed by atoms with E-state index < -0.39 is 0 Å². The Labute approximate surface area is 90.0 Å². The quantitative estimate of drug-likeness (QED) is 0.782. The lowest BCUT2D eigenvalue weighted by molar-refractivity contribution is 0.135. The van der Waals surface area contributed by atoms with Crippen LogP contribution in [0.25, 0.3) is 0 Å². The van der Waals surface area contributed by atoms with Crippen molar-refractivity contribution >= 4 is 0 Å². The zero-order valence-corrected chi connectivity index (χ0v) is 8.89. The van der Waals surface area contributed by atoms with Gasteiger partial charge in [-0.15, -0.1) is 0 Å². The third-order valence-electron chi connectivity index (χ3n) is 2.78. The Balaban J connectivity index is 1.93. The van der Waals surface area contributed by atoms with Crippen LogP contribution in [0.1, 0.15) is 12.2 Å². The SMILES string of the molecule is NCCN(Cc1ccco1)C1CCOC1. The van der Waals surface area contributed by atoms with Crippen LogP contribution < -0.4 is 5.73 Å². The number of hydrogen-bond donors (Lipinski definition) is 1. The van der Waals surface area contributed by atoms with Crippen molar-refractivity contribution in [2.45, 2.75) is 19.0 Å². The predicted octanol–water partition coefficient (Wildman–Crippen LogP) is 0.829. The van der Waals surface area contributed by atoms with Gasteiger partial charge in [0.2, 0.25) is 0 Å². The molecule has 2 N–H and O–H groups in total. The first kappa shape index (κ1) is 10.7. The van der Waals surface area contributed by atoms with E-state index in [9.17, 15) is 0 Å². The second-order valence-corrected chi connectivity index (χ2v) is 3.86. The summed E-state index contributed by atoms with van der Waals surface area (Å²) in [5, 5.41) is 0. The van der Waals surface area contributed by atoms with Crippen LogP contribution in [0, 0.1) is 0 Å². The van der Waals surface area contributed by atoms with Crippen molar-refractivity contribution in [3.05, 3.63) is 24.2 Å². The van der Waals surface area contributed by atoms with Crippen molar-refractivity contribution in [1.82, 2.24) is 4.90 Å². The van der Waals surface area contributed by atoms with E-state index in [-0.39, 0.29) is 0 Å². The Bertz CT molecular complexity index is 268. The molecule has 84 valence electrons. The maximum atomic E-state index is 5.61. The average Bonchev–Trinajstić information content (AvgIpc) is 2.89. The lowest BCUT2D eigenvalue weighted by Crippen LogP contribution is -2.38. The number of nitrogens with two attached hydrogens (primary N) is 1. The second kappa shape index (κ2) is 5.30. The van der Waals surface area contributed by atoms with Crippen molar-refractivity contribution in [2.75, 3.05) is 26.3 Å². The maximum absolute atomic E-state index is 5.61. The normalized spacial score (nSPS) is 21.3. The molecule has 1 aliphatic heterocycles. The molecule has 0 radical (unpaired) electrons. The first-order valence-electron chi connectivity index (χ1n) is 5.44. The van der Waals surface area contributed by atoms with E-state index in [4.69, 9.17) is 14.9 Å². The fourth-order valence-electron chi connectivity index (χ4n) is 1.97. The number of furan rings is 1. The van der Waals surface area contributed by atoms with Crippen molar-refractivity contribution in [3.63, 3.8) is 0 Å². The molecule has 1 fully saturated rings. The standard InChI is InChI=1S/C11H18N2O2/c12-4-5-13(10-3-7-14-9-10)8-11-2-1-6-15-11/h1-2,6,10H,3-5,7-9,12H2. The summed E-state index contributed by atoms with van der Waals surface area (Å²) in [7, 11) is 0. The molecule has 1 aliphatic rings. The highest BCUT2D eigenvalue weighted by molar-refractivity contribution is 4.98. The number of hydrogen-bond acceptors (Lipinski definition) is 4. The highest BCUT2D eigenvalue weighted by Crippen LogP contribution is 2.15. The highest BCUT2D eigenvalue weighted by Gasteiger charge is 2.23. The van der Waals surface area contributed by atoms with Crippen LogP contribution in [0.5, 0.6) is 0 Å². The molecule has 1 atom stereocenters. The molecule has 15 heavy (non-hydrogen) atoms. The Kier molecular flexibility index (Phi) is 3.77. The lowest BCUT2D eigenvalue weighted by Gasteiger charge is -2.26. The van der Waals surface area contributed by atoms with Crippen LogP contribution in [0.3, 0.4) is 0 Å². The van der Waals surface area contributed by atoms with Gasteiger partial charge < -0.3 is 14.9 Å². The number of nitrogens with zero attached hydrogens (tertiary/aromatic N) is 1. The predicted molar refractivity (Wildman–Crippen MR) is 57.4 cm³/mol. The van der Waals surface area contributed by atoms with E-state index in [1.807, 2.05) is 12.1 Å². The van der Waals surface area contributed by atoms with Gasteiger partial charge in [-0.3, -0.25) is 4.90 Å². The minimum absolute atomic E-state index is 0.499. The fraction of sp³-hybridized carbons (Fsp3) is 0.636. The largest absolute Gasteiger partial charge is 0.468 e. The van der Waals surface area contributed by atoms with Crippen LogP contribution in [0.2, 0.25) is 0 Å². The summed E-state index contributed by atoms with van der Waals surface area (Å²) in [6, 6.07) is 4.42. The van der Waals surface area contributed by atoms with Gasteiger partial charge in [-0.25, -0.2) is 0 Å². The zero-order valence-electron chi connectivity index (χ0n) is 8.89. The summed E-state index contributed by atoms with van der Waals surface area (Å²) in [6.45, 7) is 4.09. The van der Waals surface area contributed by atoms with Gasteiger partial charge in [0.1, 0.15) is 5.76 Å². The number of rotatable bonds is 5. The molecule has 1 unspecified atom stereocenters. The third-order valence-corrected chi connectivity index (χ3v) is 2.78. The third kappa shape index (κ3) is 2.81. The first-order valence-corrected chi connectivity index (χ1v) is 5.44. The van der Waals surface area contributed by atoms with Crippen molar-refractivity contribution in [2.24, 2.45) is 5.73 Å². The first-order chi connectivity index (χ1) is 7.40. The summed E-state index contributed by atoms with van der Waals surface area (Å²) in [5.41, 5.74) is 5.61. The Morgan fingerprint density at radius 1 is 1.53 bits per heavy atom. The highest BCUT2D eigenvalue weighted by atomic mass is 16.5. The van der Waals surface area contributed by atoms with Crippen molar-refractivity contribution in [3.8, 4) is 0 Å². The molecule has 0 aliphatic carbocycles. The summed E-state index contributed by atoms with van der Waals surface area (Å²) < 4.78 is 10.7. The van der Waals surface area contributed by atoms with E-state index in [0.29, 0.717) is 12.6 Å². The molecule has 4 nitrogen and oxygen atoms in total. The van der Waals surface area contributed by atoms with Crippen molar-refractivity contribution < 1.29 is 9.15 Å². The van der Waals surface area contributed by atoms with Crippen LogP contribution in [0.15, 0.2) is 22.8 Å². The summed E-state index contributed by atoms with van der Waals surface area (Å²) in [5.74, 6) is 0.996. The molecule has 1 aromatic rings. The fourth-order valence-corrected chi connectivity index (χ4v) is 1.97. The molecule has 1 aromatic heterocycles. The van der Waals surface area contributed by atoms with Gasteiger partial charge in [0, 0.05) is 25.7 Å². The van der Waals surface area contributed by atoms with Crippen LogP contribution in [-0.2, 0) is 11.3 Å². The van der Waals surface area contributed by atoms with Gasteiger partial charge in [-0.05, 0) is 18.6 Å². The van der Waals surface area contributed by atoms with E-state index in [2.05, 4.69) is 4.90 Å². The summed E-state index contributed by atoms with van der Waals surface area (Å²) >= 11 is 0. The molecule has 2 heterocycles. The molecule has 0 saturated carbocycles. The molecular weight excluding hydrogens is 192 g/mol. The van der Waals surface area contributed by atoms with Crippen LogP contribution in [0.4, 0.5) is 0 Å². The van der Waals surface area contributed by atoms with E-state index in [1.165, 1.54) is 0 Å². The Morgan fingerprint density at radius 3 is 3.07 bits per heavy atom. The van der Waals surface area contributed by atoms with E-state index >= 15 is 0 Å². The molecule has 0 aromatic carbocycles. The van der Waals surface area contributed by atoms with Gasteiger partial charge in [-0.2, -0.15) is 0 Å². The average molecular weight is 210 g/mol. The summed E-state index contributed by atoms with van der Waals surface area (Å²) in [4.78, 5) is 2.34. The second-order valence-electron chi connectivity index (χ2n) is 3.86. The molecule has 2 rings (SSSR count). The minimum atomic E-state index is 0.499. The van der Waals surface area contributed by atoms with Gasteiger partial charge in [0.25, 0.3) is 0 Å². The van der Waals surface area contributed by atoms with Gasteiger partial charge in [-0.1, -0.05) is 0 Å². The molecular formula is C11H18N2O2. The van der Waals surface area contributed by atoms with Crippen LogP contribution in [-0.4, -0.2) is 37.2 Å². The molecule has 0 spiro atoms. The monoisotopic (exact) mass is 210 g/mol. The molecule has 0 bridgehead atoms. The summed E-state index contributed by atoms with van der Waals surface area (Å²) in [6.07, 6.45) is 2.81. The topological polar surface area (TPSA) is 51.6 Å². The van der Waals surface area contributed by atoms with Gasteiger partial charge >= 0.3 is 0 Å².